The number of aromatic nitrogens is 3. The summed E-state index contributed by atoms with van der Waals surface area (Å²) in [5.74, 6) is 1.06. The number of anilines is 2. The van der Waals surface area contributed by atoms with Gasteiger partial charge in [0, 0.05) is 14.1 Å². The van der Waals surface area contributed by atoms with Crippen LogP contribution in [-0.2, 0) is 9.47 Å². The van der Waals surface area contributed by atoms with Crippen LogP contribution in [0.5, 0.6) is 0 Å². The van der Waals surface area contributed by atoms with E-state index in [9.17, 15) is 0 Å². The first kappa shape index (κ1) is 12.3. The van der Waals surface area contributed by atoms with E-state index in [1.165, 1.54) is 11.8 Å². The Morgan fingerprint density at radius 3 is 2.59 bits per heavy atom. The largest absolute Gasteiger partial charge is 0.357 e. The summed E-state index contributed by atoms with van der Waals surface area (Å²) in [7, 11) is 3.60. The molecule has 94 valence electrons. The van der Waals surface area contributed by atoms with Crippen LogP contribution in [0.3, 0.4) is 0 Å². The van der Waals surface area contributed by atoms with Crippen molar-refractivity contribution in [2.24, 2.45) is 0 Å². The molecule has 1 aliphatic rings. The Kier molecular flexibility index (Phi) is 3.97. The second-order valence-corrected chi connectivity index (χ2v) is 4.13. The summed E-state index contributed by atoms with van der Waals surface area (Å²) >= 11 is 1.46. The van der Waals surface area contributed by atoms with Gasteiger partial charge in [0.05, 0.1) is 13.2 Å². The minimum atomic E-state index is -0.420. The van der Waals surface area contributed by atoms with Crippen molar-refractivity contribution < 1.29 is 9.47 Å². The Bertz CT molecular complexity index is 363. The molecule has 8 heteroatoms. The van der Waals surface area contributed by atoms with Gasteiger partial charge in [-0.2, -0.15) is 15.0 Å². The van der Waals surface area contributed by atoms with Crippen molar-refractivity contribution in [3.05, 3.63) is 0 Å². The number of hydrogen-bond donors (Lipinski definition) is 1. The van der Waals surface area contributed by atoms with E-state index >= 15 is 0 Å². The molecule has 0 bridgehead atoms. The second kappa shape index (κ2) is 5.48. The third-order valence-corrected chi connectivity index (χ3v) is 2.79. The Hall–Kier alpha value is -1.12. The molecule has 0 unspecified atom stereocenters. The van der Waals surface area contributed by atoms with E-state index in [2.05, 4.69) is 20.3 Å². The lowest BCUT2D eigenvalue weighted by Crippen LogP contribution is -2.34. The van der Waals surface area contributed by atoms with Crippen molar-refractivity contribution in [2.75, 3.05) is 43.8 Å². The van der Waals surface area contributed by atoms with Gasteiger partial charge < -0.3 is 14.8 Å². The summed E-state index contributed by atoms with van der Waals surface area (Å²) < 4.78 is 10.8. The SMILES string of the molecule is CNc1nc(SC)nc(N(C)C2OCCO2)n1. The molecule has 0 aliphatic carbocycles. The van der Waals surface area contributed by atoms with Crippen molar-refractivity contribution in [3.63, 3.8) is 0 Å². The Morgan fingerprint density at radius 1 is 1.29 bits per heavy atom. The average Bonchev–Trinajstić information content (AvgIpc) is 2.91. The predicted molar refractivity (Wildman–Crippen MR) is 65.2 cm³/mol. The van der Waals surface area contributed by atoms with Crippen molar-refractivity contribution in [1.29, 1.82) is 0 Å². The fourth-order valence-corrected chi connectivity index (χ4v) is 1.72. The van der Waals surface area contributed by atoms with Gasteiger partial charge in [-0.1, -0.05) is 11.8 Å². The van der Waals surface area contributed by atoms with Crippen molar-refractivity contribution in [1.82, 2.24) is 15.0 Å². The van der Waals surface area contributed by atoms with Crippen molar-refractivity contribution in [3.8, 4) is 0 Å². The minimum Gasteiger partial charge on any atom is -0.357 e. The standard InChI is InChI=1S/C9H15N5O2S/c1-10-6-11-7(13-8(12-6)17-3)14(2)9-15-4-5-16-9/h9H,4-5H2,1-3H3,(H,10,11,12,13). The molecule has 17 heavy (non-hydrogen) atoms. The minimum absolute atomic E-state index is 0.420. The lowest BCUT2D eigenvalue weighted by molar-refractivity contribution is -0.0399. The maximum atomic E-state index is 5.39. The van der Waals surface area contributed by atoms with Gasteiger partial charge in [-0.3, -0.25) is 4.90 Å². The highest BCUT2D eigenvalue weighted by molar-refractivity contribution is 7.98. The van der Waals surface area contributed by atoms with Crippen molar-refractivity contribution in [2.45, 2.75) is 11.6 Å². The van der Waals surface area contributed by atoms with Gasteiger partial charge in [0.15, 0.2) is 5.16 Å². The van der Waals surface area contributed by atoms with Gasteiger partial charge in [-0.15, -0.1) is 0 Å². The molecule has 0 radical (unpaired) electrons. The summed E-state index contributed by atoms with van der Waals surface area (Å²) in [6, 6.07) is 0. The smallest absolute Gasteiger partial charge is 0.242 e. The molecule has 1 saturated heterocycles. The lowest BCUT2D eigenvalue weighted by Gasteiger charge is -2.22. The first-order valence-electron chi connectivity index (χ1n) is 5.18. The number of nitrogens with zero attached hydrogens (tertiary/aromatic N) is 4. The molecular formula is C9H15N5O2S. The Balaban J connectivity index is 2.23. The third-order valence-electron chi connectivity index (χ3n) is 2.25. The van der Waals surface area contributed by atoms with Gasteiger partial charge in [-0.25, -0.2) is 0 Å². The Labute approximate surface area is 104 Å². The van der Waals surface area contributed by atoms with E-state index in [1.54, 1.807) is 11.9 Å². The molecule has 1 aliphatic heterocycles. The van der Waals surface area contributed by atoms with E-state index in [4.69, 9.17) is 9.47 Å². The quantitative estimate of drug-likeness (QED) is 0.777. The second-order valence-electron chi connectivity index (χ2n) is 3.36. The van der Waals surface area contributed by atoms with Crippen LogP contribution in [0.4, 0.5) is 11.9 Å². The molecule has 0 atom stereocenters. The zero-order valence-electron chi connectivity index (χ0n) is 10.0. The van der Waals surface area contributed by atoms with Gasteiger partial charge in [0.2, 0.25) is 18.3 Å². The molecule has 1 N–H and O–H groups in total. The van der Waals surface area contributed by atoms with Crippen LogP contribution < -0.4 is 10.2 Å². The molecular weight excluding hydrogens is 242 g/mol. The number of hydrogen-bond acceptors (Lipinski definition) is 8. The van der Waals surface area contributed by atoms with Crippen LogP contribution in [0.2, 0.25) is 0 Å². The molecule has 0 amide bonds. The number of nitrogens with one attached hydrogen (secondary N) is 1. The van der Waals surface area contributed by atoms with Crippen molar-refractivity contribution >= 4 is 23.7 Å². The van der Waals surface area contributed by atoms with Gasteiger partial charge in [-0.05, 0) is 6.26 Å². The molecule has 1 fully saturated rings. The van der Waals surface area contributed by atoms with Crippen LogP contribution in [0.25, 0.3) is 0 Å². The fraction of sp³-hybridized carbons (Fsp3) is 0.667. The van der Waals surface area contributed by atoms with E-state index in [1.807, 2.05) is 13.3 Å². The highest BCUT2D eigenvalue weighted by Gasteiger charge is 2.24. The summed E-state index contributed by atoms with van der Waals surface area (Å²) in [4.78, 5) is 14.5. The number of thioether (sulfide) groups is 1. The van der Waals surface area contributed by atoms with Crippen LogP contribution in [0, 0.1) is 0 Å². The van der Waals surface area contributed by atoms with E-state index in [-0.39, 0.29) is 0 Å². The molecule has 7 nitrogen and oxygen atoms in total. The van der Waals surface area contributed by atoms with E-state index in [0.29, 0.717) is 30.3 Å². The van der Waals surface area contributed by atoms with E-state index < -0.39 is 6.41 Å². The van der Waals surface area contributed by atoms with Crippen LogP contribution in [-0.4, -0.2) is 54.9 Å². The number of ether oxygens (including phenoxy) is 2. The first-order chi connectivity index (χ1) is 8.24. The molecule has 0 aromatic carbocycles. The lowest BCUT2D eigenvalue weighted by atomic mass is 10.7. The maximum absolute atomic E-state index is 5.39. The molecule has 1 aromatic heterocycles. The van der Waals surface area contributed by atoms with E-state index in [0.717, 1.165) is 0 Å². The molecule has 0 saturated carbocycles. The van der Waals surface area contributed by atoms with Crippen LogP contribution in [0.15, 0.2) is 5.16 Å². The normalized spacial score (nSPS) is 16.2. The summed E-state index contributed by atoms with van der Waals surface area (Å²) in [6.45, 7) is 1.18. The van der Waals surface area contributed by atoms with Crippen LogP contribution in [0.1, 0.15) is 0 Å². The summed E-state index contributed by atoms with van der Waals surface area (Å²) in [6.07, 6.45) is 1.50. The summed E-state index contributed by atoms with van der Waals surface area (Å²) in [5.41, 5.74) is 0. The number of rotatable bonds is 4. The van der Waals surface area contributed by atoms with Crippen LogP contribution >= 0.6 is 11.8 Å². The zero-order chi connectivity index (χ0) is 12.3. The zero-order valence-corrected chi connectivity index (χ0v) is 10.8. The third kappa shape index (κ3) is 2.76. The monoisotopic (exact) mass is 257 g/mol. The predicted octanol–water partition coefficient (Wildman–Crippen LogP) is 0.402. The molecule has 2 rings (SSSR count). The van der Waals surface area contributed by atoms with Gasteiger partial charge >= 0.3 is 0 Å². The first-order valence-corrected chi connectivity index (χ1v) is 6.41. The average molecular weight is 257 g/mol. The highest BCUT2D eigenvalue weighted by atomic mass is 32.2. The molecule has 1 aromatic rings. The molecule has 2 heterocycles. The molecule has 0 spiro atoms. The maximum Gasteiger partial charge on any atom is 0.242 e. The topological polar surface area (TPSA) is 72.4 Å². The summed E-state index contributed by atoms with van der Waals surface area (Å²) in [5, 5.41) is 3.56. The van der Waals surface area contributed by atoms with Gasteiger partial charge in [0.1, 0.15) is 0 Å². The van der Waals surface area contributed by atoms with Gasteiger partial charge in [0.25, 0.3) is 0 Å². The Morgan fingerprint density at radius 2 is 2.00 bits per heavy atom. The highest BCUT2D eigenvalue weighted by Crippen LogP contribution is 2.19. The fourth-order valence-electron chi connectivity index (χ4n) is 1.37.